The highest BCUT2D eigenvalue weighted by molar-refractivity contribution is 7.93. The number of anilines is 1. The number of carbonyl (C=O) groups excluding carboxylic acids is 1. The highest BCUT2D eigenvalue weighted by atomic mass is 35.5. The number of nitrogens with zero attached hydrogens (tertiary/aromatic N) is 3. The quantitative estimate of drug-likeness (QED) is 0.278. The number of carbonyl (C=O) groups is 1. The molecule has 1 N–H and O–H groups in total. The standard InChI is InChI=1S/C21H16Cl2N4O5S/c22-16-11-10-15(18(23)12-16)13-24-25-21(28)14-26(17-6-2-1-3-7-17)33(31,32)20-9-5-4-8-19(20)27(29)30/h1-13H,14H2,(H,25,28). The predicted molar refractivity (Wildman–Crippen MR) is 126 cm³/mol. The highest BCUT2D eigenvalue weighted by Gasteiger charge is 2.33. The summed E-state index contributed by atoms with van der Waals surface area (Å²) in [6.07, 6.45) is 1.28. The fourth-order valence-corrected chi connectivity index (χ4v) is 4.84. The van der Waals surface area contributed by atoms with Crippen LogP contribution < -0.4 is 9.73 Å². The van der Waals surface area contributed by atoms with Crippen molar-refractivity contribution < 1.29 is 18.1 Å². The third kappa shape index (κ3) is 5.86. The van der Waals surface area contributed by atoms with Gasteiger partial charge in [-0.1, -0.05) is 59.6 Å². The van der Waals surface area contributed by atoms with E-state index in [2.05, 4.69) is 10.5 Å². The van der Waals surface area contributed by atoms with Crippen LogP contribution in [-0.4, -0.2) is 32.0 Å². The first-order valence-corrected chi connectivity index (χ1v) is 11.5. The van der Waals surface area contributed by atoms with Gasteiger partial charge in [0.05, 0.1) is 21.8 Å². The number of nitro groups is 1. The largest absolute Gasteiger partial charge is 0.289 e. The lowest BCUT2D eigenvalue weighted by Gasteiger charge is -2.23. The number of para-hydroxylation sites is 2. The lowest BCUT2D eigenvalue weighted by Crippen LogP contribution is -2.39. The normalized spacial score (nSPS) is 11.3. The summed E-state index contributed by atoms with van der Waals surface area (Å²) < 4.78 is 27.5. The molecule has 3 aromatic carbocycles. The summed E-state index contributed by atoms with van der Waals surface area (Å²) in [5, 5.41) is 15.9. The Hall–Kier alpha value is -3.47. The molecule has 0 radical (unpaired) electrons. The van der Waals surface area contributed by atoms with E-state index in [0.29, 0.717) is 15.6 Å². The van der Waals surface area contributed by atoms with E-state index in [4.69, 9.17) is 23.2 Å². The van der Waals surface area contributed by atoms with Crippen LogP contribution in [0.1, 0.15) is 5.56 Å². The van der Waals surface area contributed by atoms with E-state index in [-0.39, 0.29) is 5.69 Å². The van der Waals surface area contributed by atoms with E-state index >= 15 is 0 Å². The van der Waals surface area contributed by atoms with Crippen LogP contribution in [0.2, 0.25) is 10.0 Å². The minimum atomic E-state index is -4.47. The molecule has 0 saturated carbocycles. The topological polar surface area (TPSA) is 122 Å². The van der Waals surface area contributed by atoms with Gasteiger partial charge in [-0.3, -0.25) is 19.2 Å². The zero-order valence-corrected chi connectivity index (χ0v) is 19.1. The Balaban J connectivity index is 1.89. The lowest BCUT2D eigenvalue weighted by atomic mass is 10.2. The molecule has 0 spiro atoms. The number of halogens is 2. The maximum absolute atomic E-state index is 13.3. The molecule has 0 aliphatic rings. The molecule has 1 amide bonds. The third-order valence-electron chi connectivity index (χ3n) is 4.32. The number of benzene rings is 3. The van der Waals surface area contributed by atoms with Crippen molar-refractivity contribution in [1.29, 1.82) is 0 Å². The molecule has 0 aliphatic carbocycles. The SMILES string of the molecule is O=C(CN(c1ccccc1)S(=O)(=O)c1ccccc1[N+](=O)[O-])NN=Cc1ccc(Cl)cc1Cl. The molecule has 0 heterocycles. The van der Waals surface area contributed by atoms with Crippen LogP contribution in [0.15, 0.2) is 82.8 Å². The lowest BCUT2D eigenvalue weighted by molar-refractivity contribution is -0.387. The molecular formula is C21H16Cl2N4O5S. The van der Waals surface area contributed by atoms with Crippen molar-refractivity contribution in [2.45, 2.75) is 4.90 Å². The number of amides is 1. The first-order chi connectivity index (χ1) is 15.7. The van der Waals surface area contributed by atoms with Crippen molar-refractivity contribution in [3.8, 4) is 0 Å². The summed E-state index contributed by atoms with van der Waals surface area (Å²) in [5.74, 6) is -0.776. The highest BCUT2D eigenvalue weighted by Crippen LogP contribution is 2.29. The van der Waals surface area contributed by atoms with Crippen molar-refractivity contribution in [3.63, 3.8) is 0 Å². The average molecular weight is 507 g/mol. The van der Waals surface area contributed by atoms with Crippen molar-refractivity contribution in [3.05, 3.63) is 98.5 Å². The van der Waals surface area contributed by atoms with Gasteiger partial charge in [0.2, 0.25) is 0 Å². The number of hydrogen-bond acceptors (Lipinski definition) is 6. The van der Waals surface area contributed by atoms with E-state index in [1.807, 2.05) is 0 Å². The van der Waals surface area contributed by atoms with Crippen molar-refractivity contribution in [1.82, 2.24) is 5.43 Å². The predicted octanol–water partition coefficient (Wildman–Crippen LogP) is 4.25. The first-order valence-electron chi connectivity index (χ1n) is 9.28. The molecule has 0 bridgehead atoms. The number of hydrogen-bond donors (Lipinski definition) is 1. The molecule has 170 valence electrons. The zero-order chi connectivity index (χ0) is 24.0. The molecule has 9 nitrogen and oxygen atoms in total. The molecule has 3 rings (SSSR count). The van der Waals surface area contributed by atoms with Gasteiger partial charge in [0.15, 0.2) is 4.90 Å². The summed E-state index contributed by atoms with van der Waals surface area (Å²) in [6.45, 7) is -0.677. The third-order valence-corrected chi connectivity index (χ3v) is 6.70. The Morgan fingerprint density at radius 3 is 2.39 bits per heavy atom. The van der Waals surface area contributed by atoms with Gasteiger partial charge in [0.25, 0.3) is 21.6 Å². The second-order valence-electron chi connectivity index (χ2n) is 6.53. The summed E-state index contributed by atoms with van der Waals surface area (Å²) >= 11 is 11.9. The Morgan fingerprint density at radius 2 is 1.73 bits per heavy atom. The molecule has 0 atom stereocenters. The Morgan fingerprint density at radius 1 is 1.06 bits per heavy atom. The van der Waals surface area contributed by atoms with Crippen molar-refractivity contribution in [2.24, 2.45) is 5.10 Å². The number of nitro benzene ring substituents is 1. The minimum Gasteiger partial charge on any atom is -0.271 e. The fraction of sp³-hybridized carbons (Fsp3) is 0.0476. The molecule has 0 saturated heterocycles. The van der Waals surface area contributed by atoms with Gasteiger partial charge in [-0.05, 0) is 30.3 Å². The van der Waals surface area contributed by atoms with Crippen LogP contribution in [-0.2, 0) is 14.8 Å². The second-order valence-corrected chi connectivity index (χ2v) is 9.21. The summed E-state index contributed by atoms with van der Waals surface area (Å²) in [6, 6.07) is 17.4. The molecule has 0 aromatic heterocycles. The van der Waals surface area contributed by atoms with Crippen LogP contribution >= 0.6 is 23.2 Å². The summed E-state index contributed by atoms with van der Waals surface area (Å²) in [4.78, 5) is 22.6. The van der Waals surface area contributed by atoms with Crippen LogP contribution in [0, 0.1) is 10.1 Å². The van der Waals surface area contributed by atoms with Crippen LogP contribution in [0.3, 0.4) is 0 Å². The van der Waals surface area contributed by atoms with E-state index in [9.17, 15) is 23.3 Å². The zero-order valence-electron chi connectivity index (χ0n) is 16.8. The minimum absolute atomic E-state index is 0.149. The number of hydrazone groups is 1. The molecule has 33 heavy (non-hydrogen) atoms. The van der Waals surface area contributed by atoms with Crippen LogP contribution in [0.4, 0.5) is 11.4 Å². The van der Waals surface area contributed by atoms with Gasteiger partial charge < -0.3 is 0 Å². The molecule has 3 aromatic rings. The molecule has 0 aliphatic heterocycles. The smallest absolute Gasteiger partial charge is 0.271 e. The Labute approximate surface area is 199 Å². The average Bonchev–Trinajstić information content (AvgIpc) is 2.79. The van der Waals surface area contributed by atoms with Crippen LogP contribution in [0.25, 0.3) is 0 Å². The van der Waals surface area contributed by atoms with E-state index in [1.54, 1.807) is 30.3 Å². The second kappa shape index (κ2) is 10.4. The molecular weight excluding hydrogens is 491 g/mol. The van der Waals surface area contributed by atoms with Gasteiger partial charge in [-0.2, -0.15) is 5.10 Å². The van der Waals surface area contributed by atoms with Crippen LogP contribution in [0.5, 0.6) is 0 Å². The van der Waals surface area contributed by atoms with E-state index in [1.165, 1.54) is 36.5 Å². The number of nitrogens with one attached hydrogen (secondary N) is 1. The first kappa shape index (κ1) is 24.2. The molecule has 0 unspecified atom stereocenters. The van der Waals surface area contributed by atoms with E-state index < -0.39 is 38.0 Å². The Kier molecular flexibility index (Phi) is 7.64. The van der Waals surface area contributed by atoms with Gasteiger partial charge in [0, 0.05) is 16.7 Å². The summed E-state index contributed by atoms with van der Waals surface area (Å²) in [7, 11) is -4.47. The van der Waals surface area contributed by atoms with Gasteiger partial charge in [-0.15, -0.1) is 0 Å². The van der Waals surface area contributed by atoms with Gasteiger partial charge >= 0.3 is 0 Å². The number of sulfonamides is 1. The fourth-order valence-electron chi connectivity index (χ4n) is 2.80. The van der Waals surface area contributed by atoms with Crippen molar-refractivity contribution in [2.75, 3.05) is 10.8 Å². The van der Waals surface area contributed by atoms with E-state index in [0.717, 1.165) is 16.4 Å². The van der Waals surface area contributed by atoms with Gasteiger partial charge in [0.1, 0.15) is 6.54 Å². The Bertz CT molecular complexity index is 1320. The molecule has 0 fully saturated rings. The monoisotopic (exact) mass is 506 g/mol. The van der Waals surface area contributed by atoms with Crippen molar-refractivity contribution >= 4 is 56.7 Å². The summed E-state index contributed by atoms with van der Waals surface area (Å²) in [5.41, 5.74) is 2.26. The maximum atomic E-state index is 13.3. The van der Waals surface area contributed by atoms with Gasteiger partial charge in [-0.25, -0.2) is 13.8 Å². The maximum Gasteiger partial charge on any atom is 0.289 e. The number of rotatable bonds is 8. The molecule has 12 heteroatoms.